The largest absolute Gasteiger partial charge is 0.493 e. The van der Waals surface area contributed by atoms with E-state index in [0.29, 0.717) is 53.0 Å². The number of carbonyl (C=O) groups excluding carboxylic acids is 2. The Morgan fingerprint density at radius 1 is 0.973 bits per heavy atom. The second kappa shape index (κ2) is 10.3. The Morgan fingerprint density at radius 3 is 2.41 bits per heavy atom. The number of benzene rings is 3. The molecule has 3 aromatic carbocycles. The molecule has 3 aromatic rings. The van der Waals surface area contributed by atoms with Crippen LogP contribution in [0.1, 0.15) is 39.5 Å². The zero-order chi connectivity index (χ0) is 25.9. The van der Waals surface area contributed by atoms with Gasteiger partial charge in [-0.25, -0.2) is 0 Å². The van der Waals surface area contributed by atoms with Crippen LogP contribution in [0.25, 0.3) is 0 Å². The van der Waals surface area contributed by atoms with Crippen LogP contribution in [0.4, 0.5) is 0 Å². The molecular formula is C28H28N2O7. The van der Waals surface area contributed by atoms with Gasteiger partial charge in [0.2, 0.25) is 18.4 Å². The highest BCUT2D eigenvalue weighted by Gasteiger charge is 2.35. The number of hydrogen-bond donors (Lipinski definition) is 1. The maximum Gasteiger partial charge on any atom is 0.255 e. The molecule has 5 rings (SSSR count). The molecule has 2 heterocycles. The number of amides is 2. The number of methoxy groups -OCH3 is 3. The first-order chi connectivity index (χ1) is 18.0. The van der Waals surface area contributed by atoms with E-state index in [1.807, 2.05) is 42.5 Å². The zero-order valence-corrected chi connectivity index (χ0v) is 20.9. The Hall–Kier alpha value is -4.40. The molecule has 0 spiro atoms. The van der Waals surface area contributed by atoms with Gasteiger partial charge in [0.05, 0.1) is 33.8 Å². The zero-order valence-electron chi connectivity index (χ0n) is 20.9. The number of fused-ring (bicyclic) bond motifs is 2. The Balaban J connectivity index is 1.42. The summed E-state index contributed by atoms with van der Waals surface area (Å²) in [6.07, 6.45) is 0.0446. The summed E-state index contributed by atoms with van der Waals surface area (Å²) >= 11 is 0. The van der Waals surface area contributed by atoms with Crippen LogP contribution >= 0.6 is 0 Å². The van der Waals surface area contributed by atoms with Gasteiger partial charge in [-0.2, -0.15) is 0 Å². The summed E-state index contributed by atoms with van der Waals surface area (Å²) in [6.45, 7) is 0.894. The van der Waals surface area contributed by atoms with Crippen molar-refractivity contribution in [2.24, 2.45) is 0 Å². The van der Waals surface area contributed by atoms with Gasteiger partial charge in [-0.1, -0.05) is 24.3 Å². The van der Waals surface area contributed by atoms with Crippen molar-refractivity contribution in [3.05, 3.63) is 76.9 Å². The number of ether oxygens (including phenoxy) is 5. The Labute approximate surface area is 214 Å². The molecule has 1 N–H and O–H groups in total. The predicted octanol–water partition coefficient (Wildman–Crippen LogP) is 3.84. The van der Waals surface area contributed by atoms with Crippen LogP contribution in [0.3, 0.4) is 0 Å². The third-order valence-corrected chi connectivity index (χ3v) is 6.60. The molecule has 2 aliphatic heterocycles. The number of nitrogens with one attached hydrogen (secondary N) is 1. The molecule has 1 unspecified atom stereocenters. The summed E-state index contributed by atoms with van der Waals surface area (Å²) in [5, 5.41) is 2.97. The lowest BCUT2D eigenvalue weighted by Crippen LogP contribution is -2.34. The van der Waals surface area contributed by atoms with Gasteiger partial charge in [0, 0.05) is 18.7 Å². The molecule has 2 aliphatic rings. The predicted molar refractivity (Wildman–Crippen MR) is 134 cm³/mol. The maximum absolute atomic E-state index is 13.4. The minimum absolute atomic E-state index is 0.0446. The van der Waals surface area contributed by atoms with Crippen LogP contribution < -0.4 is 29.0 Å². The van der Waals surface area contributed by atoms with E-state index in [1.54, 1.807) is 17.0 Å². The lowest BCUT2D eigenvalue weighted by molar-refractivity contribution is -0.122. The van der Waals surface area contributed by atoms with Crippen LogP contribution in [-0.2, 0) is 17.9 Å². The topological polar surface area (TPSA) is 95.6 Å². The van der Waals surface area contributed by atoms with E-state index in [0.717, 1.165) is 11.1 Å². The highest BCUT2D eigenvalue weighted by molar-refractivity contribution is 5.99. The first kappa shape index (κ1) is 24.3. The van der Waals surface area contributed by atoms with Crippen LogP contribution in [0.2, 0.25) is 0 Å². The molecule has 37 heavy (non-hydrogen) atoms. The van der Waals surface area contributed by atoms with Gasteiger partial charge in [0.1, 0.15) is 0 Å². The molecule has 9 heteroatoms. The number of carbonyl (C=O) groups is 2. The molecule has 0 radical (unpaired) electrons. The lowest BCUT2D eigenvalue weighted by atomic mass is 10.00. The van der Waals surface area contributed by atoms with E-state index in [9.17, 15) is 9.59 Å². The van der Waals surface area contributed by atoms with Gasteiger partial charge in [-0.3, -0.25) is 9.59 Å². The fourth-order valence-corrected chi connectivity index (χ4v) is 4.73. The smallest absolute Gasteiger partial charge is 0.255 e. The van der Waals surface area contributed by atoms with E-state index < -0.39 is 6.04 Å². The van der Waals surface area contributed by atoms with Crippen molar-refractivity contribution < 1.29 is 33.3 Å². The van der Waals surface area contributed by atoms with Crippen molar-refractivity contribution in [2.75, 3.05) is 28.1 Å². The van der Waals surface area contributed by atoms with Crippen molar-refractivity contribution in [1.82, 2.24) is 10.2 Å². The summed E-state index contributed by atoms with van der Waals surface area (Å²) in [4.78, 5) is 28.3. The van der Waals surface area contributed by atoms with Crippen molar-refractivity contribution in [2.45, 2.75) is 25.6 Å². The molecule has 0 aromatic heterocycles. The van der Waals surface area contributed by atoms with Gasteiger partial charge < -0.3 is 33.9 Å². The van der Waals surface area contributed by atoms with Gasteiger partial charge in [0.25, 0.3) is 5.91 Å². The van der Waals surface area contributed by atoms with Crippen LogP contribution in [-0.4, -0.2) is 44.8 Å². The monoisotopic (exact) mass is 504 g/mol. The molecule has 0 fully saturated rings. The van der Waals surface area contributed by atoms with E-state index in [-0.39, 0.29) is 25.0 Å². The third kappa shape index (κ3) is 4.72. The van der Waals surface area contributed by atoms with E-state index in [4.69, 9.17) is 23.7 Å². The van der Waals surface area contributed by atoms with Crippen LogP contribution in [0.15, 0.2) is 54.6 Å². The Kier molecular flexibility index (Phi) is 6.76. The van der Waals surface area contributed by atoms with Crippen molar-refractivity contribution in [1.29, 1.82) is 0 Å². The second-order valence-corrected chi connectivity index (χ2v) is 8.73. The highest BCUT2D eigenvalue weighted by Crippen LogP contribution is 2.43. The fraction of sp³-hybridized carbons (Fsp3) is 0.286. The van der Waals surface area contributed by atoms with Crippen molar-refractivity contribution in [3.63, 3.8) is 0 Å². The second-order valence-electron chi connectivity index (χ2n) is 8.73. The first-order valence-corrected chi connectivity index (χ1v) is 11.9. The first-order valence-electron chi connectivity index (χ1n) is 11.9. The molecule has 192 valence electrons. The lowest BCUT2D eigenvalue weighted by Gasteiger charge is -2.29. The van der Waals surface area contributed by atoms with Gasteiger partial charge in [-0.15, -0.1) is 0 Å². The average Bonchev–Trinajstić information content (AvgIpc) is 3.53. The number of nitrogens with zero attached hydrogens (tertiary/aromatic N) is 1. The molecule has 1 atom stereocenters. The Bertz CT molecular complexity index is 1310. The molecule has 9 nitrogen and oxygen atoms in total. The molecular weight excluding hydrogens is 476 g/mol. The molecule has 0 aliphatic carbocycles. The van der Waals surface area contributed by atoms with E-state index in [2.05, 4.69) is 5.32 Å². The normalized spacial score (nSPS) is 14.2. The summed E-state index contributed by atoms with van der Waals surface area (Å²) in [7, 11) is 4.60. The van der Waals surface area contributed by atoms with E-state index in [1.165, 1.54) is 21.3 Å². The summed E-state index contributed by atoms with van der Waals surface area (Å²) in [5.41, 5.74) is 3.15. The van der Waals surface area contributed by atoms with Crippen LogP contribution in [0, 0.1) is 0 Å². The number of hydrogen-bond acceptors (Lipinski definition) is 7. The summed E-state index contributed by atoms with van der Waals surface area (Å²) < 4.78 is 27.3. The number of rotatable bonds is 9. The minimum Gasteiger partial charge on any atom is -0.493 e. The average molecular weight is 505 g/mol. The standard InChI is InChI=1S/C28H28N2O7/c1-33-24-11-19(12-25(34-2)27(24)35-3)21(30-15-18-6-4-5-7-20(18)28(30)32)13-26(31)29-14-17-8-9-22-23(10-17)37-16-36-22/h4-12,21H,13-16H2,1-3H3,(H,29,31). The van der Waals surface area contributed by atoms with Crippen molar-refractivity contribution >= 4 is 11.8 Å². The molecule has 2 amide bonds. The molecule has 0 bridgehead atoms. The van der Waals surface area contributed by atoms with Gasteiger partial charge in [0.15, 0.2) is 23.0 Å². The van der Waals surface area contributed by atoms with Crippen LogP contribution in [0.5, 0.6) is 28.7 Å². The highest BCUT2D eigenvalue weighted by atomic mass is 16.7. The molecule has 0 saturated carbocycles. The quantitative estimate of drug-likeness (QED) is 0.473. The van der Waals surface area contributed by atoms with Gasteiger partial charge in [-0.05, 0) is 47.0 Å². The minimum atomic E-state index is -0.564. The fourth-order valence-electron chi connectivity index (χ4n) is 4.73. The van der Waals surface area contributed by atoms with Gasteiger partial charge >= 0.3 is 0 Å². The maximum atomic E-state index is 13.4. The summed E-state index contributed by atoms with van der Waals surface area (Å²) in [6, 6.07) is 16.0. The molecule has 0 saturated heterocycles. The summed E-state index contributed by atoms with van der Waals surface area (Å²) in [5.74, 6) is 2.35. The third-order valence-electron chi connectivity index (χ3n) is 6.60. The Morgan fingerprint density at radius 2 is 1.70 bits per heavy atom. The SMILES string of the molecule is COc1cc(C(CC(=O)NCc2ccc3c(c2)OCO3)N2Cc3ccccc3C2=O)cc(OC)c1OC. The van der Waals surface area contributed by atoms with E-state index >= 15 is 0 Å². The van der Waals surface area contributed by atoms with Crippen molar-refractivity contribution in [3.8, 4) is 28.7 Å².